The summed E-state index contributed by atoms with van der Waals surface area (Å²) in [5, 5.41) is 40.8. The van der Waals surface area contributed by atoms with E-state index >= 15 is 0 Å². The number of nitrogens with zero attached hydrogens (tertiary/aromatic N) is 4. The summed E-state index contributed by atoms with van der Waals surface area (Å²) in [7, 11) is 0. The second-order valence-electron chi connectivity index (χ2n) is 8.83. The molecule has 0 spiro atoms. The first-order valence-corrected chi connectivity index (χ1v) is 12.7. The Morgan fingerprint density at radius 3 is 1.26 bits per heavy atom. The predicted molar refractivity (Wildman–Crippen MR) is 159 cm³/mol. The highest BCUT2D eigenvalue weighted by Crippen LogP contribution is 2.27. The molecule has 5 heteroatoms. The van der Waals surface area contributed by atoms with Gasteiger partial charge < -0.3 is 0 Å². The van der Waals surface area contributed by atoms with Gasteiger partial charge in [-0.25, -0.2) is 0 Å². The minimum absolute atomic E-state index is 0.539. The lowest BCUT2D eigenvalue weighted by molar-refractivity contribution is 1.48. The summed E-state index contributed by atoms with van der Waals surface area (Å²) in [5.74, 6) is 0. The number of hydrogen-bond acceptors (Lipinski definition) is 4. The predicted octanol–water partition coefficient (Wildman–Crippen LogP) is 8.58. The molecule has 5 aromatic carbocycles. The van der Waals surface area contributed by atoms with Crippen molar-refractivity contribution in [2.75, 3.05) is 0 Å². The standard InChI is InChI=1S/C34H17BrN4/c35-34-17-24(2-1-22-5-13-30-26(18-36)9-11-28(20-38)32(30)15-22)4-8-25(34)7-3-23-6-14-31-27(19-37)10-12-29(21-39)33(31)16-23/h1-17H/b2-1-,7-3-. The van der Waals surface area contributed by atoms with Crippen molar-refractivity contribution in [3.05, 3.63) is 128 Å². The molecule has 5 rings (SSSR count). The molecule has 0 bridgehead atoms. The third-order valence-corrected chi connectivity index (χ3v) is 7.20. The van der Waals surface area contributed by atoms with Crippen molar-refractivity contribution < 1.29 is 0 Å². The van der Waals surface area contributed by atoms with Crippen LogP contribution < -0.4 is 0 Å². The fourth-order valence-corrected chi connectivity index (χ4v) is 5.02. The van der Waals surface area contributed by atoms with Crippen LogP contribution in [0.3, 0.4) is 0 Å². The lowest BCUT2D eigenvalue weighted by atomic mass is 9.98. The molecule has 180 valence electrons. The second kappa shape index (κ2) is 10.9. The number of fused-ring (bicyclic) bond motifs is 2. The third-order valence-electron chi connectivity index (χ3n) is 6.51. The quantitative estimate of drug-likeness (QED) is 0.205. The SMILES string of the molecule is N#Cc1ccc(C#N)c2cc(/C=C\c3ccc(/C=C\c4ccc5c(C#N)ccc(C#N)c5c4)c(Br)c3)ccc12. The highest BCUT2D eigenvalue weighted by molar-refractivity contribution is 9.10. The van der Waals surface area contributed by atoms with Gasteiger partial charge in [-0.3, -0.25) is 0 Å². The summed E-state index contributed by atoms with van der Waals surface area (Å²) in [6.45, 7) is 0. The van der Waals surface area contributed by atoms with E-state index in [1.54, 1.807) is 24.3 Å². The van der Waals surface area contributed by atoms with Gasteiger partial charge in [0.2, 0.25) is 0 Å². The highest BCUT2D eigenvalue weighted by Gasteiger charge is 2.07. The van der Waals surface area contributed by atoms with E-state index < -0.39 is 0 Å². The van der Waals surface area contributed by atoms with E-state index in [0.29, 0.717) is 22.3 Å². The Balaban J connectivity index is 1.40. The monoisotopic (exact) mass is 560 g/mol. The smallest absolute Gasteiger partial charge is 0.0998 e. The van der Waals surface area contributed by atoms with Gasteiger partial charge in [0.1, 0.15) is 0 Å². The Kier molecular flexibility index (Phi) is 7.03. The van der Waals surface area contributed by atoms with Gasteiger partial charge in [0.25, 0.3) is 0 Å². The minimum Gasteiger partial charge on any atom is -0.192 e. The first kappa shape index (κ1) is 25.2. The zero-order chi connectivity index (χ0) is 27.4. The van der Waals surface area contributed by atoms with Crippen LogP contribution in [-0.4, -0.2) is 0 Å². The van der Waals surface area contributed by atoms with Gasteiger partial charge in [0.15, 0.2) is 0 Å². The van der Waals surface area contributed by atoms with Gasteiger partial charge >= 0.3 is 0 Å². The fraction of sp³-hybridized carbons (Fsp3) is 0. The van der Waals surface area contributed by atoms with Crippen molar-refractivity contribution in [1.82, 2.24) is 0 Å². The molecule has 0 heterocycles. The molecule has 0 aromatic heterocycles. The fourth-order valence-electron chi connectivity index (χ4n) is 4.49. The molecule has 0 radical (unpaired) electrons. The van der Waals surface area contributed by atoms with E-state index in [2.05, 4.69) is 40.2 Å². The molecule has 0 unspecified atom stereocenters. The molecule has 0 saturated carbocycles. The molecule has 39 heavy (non-hydrogen) atoms. The Hall–Kier alpha value is -5.46. The van der Waals surface area contributed by atoms with E-state index in [1.165, 1.54) is 0 Å². The van der Waals surface area contributed by atoms with Crippen molar-refractivity contribution in [2.45, 2.75) is 0 Å². The summed E-state index contributed by atoms with van der Waals surface area (Å²) in [6, 6.07) is 33.1. The van der Waals surface area contributed by atoms with Crippen LogP contribution in [0.25, 0.3) is 45.8 Å². The van der Waals surface area contributed by atoms with Gasteiger partial charge in [-0.1, -0.05) is 76.6 Å². The van der Waals surface area contributed by atoms with E-state index in [0.717, 1.165) is 48.3 Å². The van der Waals surface area contributed by atoms with Gasteiger partial charge in [-0.2, -0.15) is 21.0 Å². The van der Waals surface area contributed by atoms with E-state index in [1.807, 2.05) is 78.9 Å². The molecule has 4 nitrogen and oxygen atoms in total. The van der Waals surface area contributed by atoms with Crippen LogP contribution in [0.15, 0.2) is 83.3 Å². The van der Waals surface area contributed by atoms with E-state index in [9.17, 15) is 21.0 Å². The molecule has 0 saturated heterocycles. The Morgan fingerprint density at radius 2 is 0.821 bits per heavy atom. The largest absolute Gasteiger partial charge is 0.192 e. The van der Waals surface area contributed by atoms with Gasteiger partial charge in [-0.15, -0.1) is 0 Å². The van der Waals surface area contributed by atoms with Crippen molar-refractivity contribution in [3.8, 4) is 24.3 Å². The lowest BCUT2D eigenvalue weighted by Gasteiger charge is -2.05. The summed E-state index contributed by atoms with van der Waals surface area (Å²) in [6.07, 6.45) is 7.96. The highest BCUT2D eigenvalue weighted by atomic mass is 79.9. The van der Waals surface area contributed by atoms with Crippen LogP contribution in [0, 0.1) is 45.3 Å². The Morgan fingerprint density at radius 1 is 0.436 bits per heavy atom. The van der Waals surface area contributed by atoms with E-state index in [-0.39, 0.29) is 0 Å². The first-order valence-electron chi connectivity index (χ1n) is 11.9. The van der Waals surface area contributed by atoms with Crippen molar-refractivity contribution >= 4 is 61.8 Å². The number of rotatable bonds is 4. The van der Waals surface area contributed by atoms with Gasteiger partial charge in [-0.05, 0) is 64.7 Å². The average Bonchev–Trinajstić information content (AvgIpc) is 2.98. The molecule has 0 atom stereocenters. The first-order chi connectivity index (χ1) is 19.0. The number of benzene rings is 5. The molecular formula is C34H17BrN4. The van der Waals surface area contributed by atoms with Crippen LogP contribution in [0.1, 0.15) is 44.5 Å². The summed E-state index contributed by atoms with van der Waals surface area (Å²) in [4.78, 5) is 0. The molecule has 0 aliphatic heterocycles. The number of halogens is 1. The zero-order valence-corrected chi connectivity index (χ0v) is 22.1. The van der Waals surface area contributed by atoms with Crippen molar-refractivity contribution in [1.29, 1.82) is 21.0 Å². The third kappa shape index (κ3) is 5.05. The van der Waals surface area contributed by atoms with E-state index in [4.69, 9.17) is 0 Å². The molecule has 0 aliphatic rings. The van der Waals surface area contributed by atoms with Crippen LogP contribution in [-0.2, 0) is 0 Å². The summed E-state index contributed by atoms with van der Waals surface area (Å²) < 4.78 is 0.926. The van der Waals surface area contributed by atoms with Crippen molar-refractivity contribution in [2.24, 2.45) is 0 Å². The topological polar surface area (TPSA) is 95.2 Å². The van der Waals surface area contributed by atoms with Gasteiger partial charge in [0.05, 0.1) is 46.5 Å². The maximum Gasteiger partial charge on any atom is 0.0998 e. The average molecular weight is 561 g/mol. The van der Waals surface area contributed by atoms with Crippen LogP contribution in [0.2, 0.25) is 0 Å². The zero-order valence-electron chi connectivity index (χ0n) is 20.5. The molecule has 0 fully saturated rings. The van der Waals surface area contributed by atoms with Crippen LogP contribution in [0.4, 0.5) is 0 Å². The van der Waals surface area contributed by atoms with Crippen LogP contribution >= 0.6 is 15.9 Å². The minimum atomic E-state index is 0.539. The lowest BCUT2D eigenvalue weighted by Crippen LogP contribution is -1.86. The Labute approximate surface area is 234 Å². The molecule has 0 aliphatic carbocycles. The van der Waals surface area contributed by atoms with Crippen LogP contribution in [0.5, 0.6) is 0 Å². The molecule has 0 N–H and O–H groups in total. The Bertz CT molecular complexity index is 2020. The second-order valence-corrected chi connectivity index (χ2v) is 9.68. The maximum atomic E-state index is 9.48. The molecule has 0 amide bonds. The number of nitriles is 4. The van der Waals surface area contributed by atoms with Gasteiger partial charge in [0, 0.05) is 26.0 Å². The molecular weight excluding hydrogens is 544 g/mol. The maximum absolute atomic E-state index is 9.48. The molecule has 5 aromatic rings. The number of hydrogen-bond donors (Lipinski definition) is 0. The van der Waals surface area contributed by atoms with Crippen molar-refractivity contribution in [3.63, 3.8) is 0 Å². The summed E-state index contributed by atoms with van der Waals surface area (Å²) >= 11 is 3.66. The normalized spacial score (nSPS) is 10.9. The summed E-state index contributed by atoms with van der Waals surface area (Å²) in [5.41, 5.74) is 6.03.